The Kier molecular flexibility index (Phi) is 3.21. The molecule has 0 aliphatic carbocycles. The SMILES string of the molecule is Cc1ccc(CN2CCN[C@@H](C)C2)s1. The summed E-state index contributed by atoms with van der Waals surface area (Å²) in [5.41, 5.74) is 0. The van der Waals surface area contributed by atoms with Crippen molar-refractivity contribution in [3.8, 4) is 0 Å². The van der Waals surface area contributed by atoms with Crippen LogP contribution in [0.5, 0.6) is 0 Å². The van der Waals surface area contributed by atoms with E-state index >= 15 is 0 Å². The van der Waals surface area contributed by atoms with Crippen LogP contribution >= 0.6 is 11.3 Å². The van der Waals surface area contributed by atoms with Gasteiger partial charge in [-0.15, -0.1) is 11.3 Å². The molecule has 1 aliphatic rings. The van der Waals surface area contributed by atoms with E-state index in [4.69, 9.17) is 0 Å². The Morgan fingerprint density at radius 1 is 1.57 bits per heavy atom. The molecule has 1 aliphatic heterocycles. The lowest BCUT2D eigenvalue weighted by Crippen LogP contribution is -2.48. The highest BCUT2D eigenvalue weighted by Gasteiger charge is 2.15. The van der Waals surface area contributed by atoms with E-state index in [-0.39, 0.29) is 0 Å². The molecule has 0 saturated carbocycles. The van der Waals surface area contributed by atoms with Crippen LogP contribution in [0.25, 0.3) is 0 Å². The van der Waals surface area contributed by atoms with Gasteiger partial charge in [-0.05, 0) is 26.0 Å². The molecular weight excluding hydrogens is 192 g/mol. The maximum Gasteiger partial charge on any atom is 0.0329 e. The van der Waals surface area contributed by atoms with Gasteiger partial charge in [-0.1, -0.05) is 0 Å². The van der Waals surface area contributed by atoms with Crippen LogP contribution in [0.15, 0.2) is 12.1 Å². The van der Waals surface area contributed by atoms with Crippen molar-refractivity contribution in [1.29, 1.82) is 0 Å². The van der Waals surface area contributed by atoms with Gasteiger partial charge in [0.05, 0.1) is 0 Å². The number of aryl methyl sites for hydroxylation is 1. The maximum atomic E-state index is 3.46. The van der Waals surface area contributed by atoms with Gasteiger partial charge in [-0.25, -0.2) is 0 Å². The van der Waals surface area contributed by atoms with Crippen molar-refractivity contribution in [2.45, 2.75) is 26.4 Å². The highest BCUT2D eigenvalue weighted by atomic mass is 32.1. The summed E-state index contributed by atoms with van der Waals surface area (Å²) in [6.45, 7) is 9.05. The van der Waals surface area contributed by atoms with Gasteiger partial charge in [0.25, 0.3) is 0 Å². The average molecular weight is 210 g/mol. The fraction of sp³-hybridized carbons (Fsp3) is 0.636. The van der Waals surface area contributed by atoms with Crippen LogP contribution in [-0.4, -0.2) is 30.6 Å². The average Bonchev–Trinajstić information content (AvgIpc) is 2.51. The lowest BCUT2D eigenvalue weighted by molar-refractivity contribution is 0.201. The minimum absolute atomic E-state index is 0.643. The van der Waals surface area contributed by atoms with Crippen molar-refractivity contribution >= 4 is 11.3 Å². The molecule has 1 atom stereocenters. The molecule has 2 heterocycles. The largest absolute Gasteiger partial charge is 0.312 e. The number of nitrogens with one attached hydrogen (secondary N) is 1. The minimum atomic E-state index is 0.643. The van der Waals surface area contributed by atoms with E-state index in [1.165, 1.54) is 22.8 Å². The van der Waals surface area contributed by atoms with Gasteiger partial charge in [-0.2, -0.15) is 0 Å². The summed E-state index contributed by atoms with van der Waals surface area (Å²) < 4.78 is 0. The first kappa shape index (κ1) is 10.1. The second kappa shape index (κ2) is 4.43. The van der Waals surface area contributed by atoms with E-state index in [1.54, 1.807) is 0 Å². The number of thiophene rings is 1. The molecular formula is C11H18N2S. The summed E-state index contributed by atoms with van der Waals surface area (Å²) in [6, 6.07) is 5.11. The van der Waals surface area contributed by atoms with Crippen LogP contribution in [0, 0.1) is 6.92 Å². The van der Waals surface area contributed by atoms with Crippen molar-refractivity contribution in [2.24, 2.45) is 0 Å². The molecule has 3 heteroatoms. The third kappa shape index (κ3) is 2.56. The molecule has 0 spiro atoms. The predicted molar refractivity (Wildman–Crippen MR) is 61.8 cm³/mol. The van der Waals surface area contributed by atoms with Crippen molar-refractivity contribution in [1.82, 2.24) is 10.2 Å². The van der Waals surface area contributed by atoms with Crippen LogP contribution in [0.1, 0.15) is 16.7 Å². The van der Waals surface area contributed by atoms with E-state index in [2.05, 4.69) is 36.2 Å². The van der Waals surface area contributed by atoms with Gasteiger partial charge in [0.1, 0.15) is 0 Å². The van der Waals surface area contributed by atoms with Gasteiger partial charge in [0.2, 0.25) is 0 Å². The molecule has 0 unspecified atom stereocenters. The summed E-state index contributed by atoms with van der Waals surface area (Å²) in [6.07, 6.45) is 0. The molecule has 14 heavy (non-hydrogen) atoms. The number of piperazine rings is 1. The molecule has 1 aromatic heterocycles. The molecule has 78 valence electrons. The van der Waals surface area contributed by atoms with Gasteiger partial charge < -0.3 is 5.32 Å². The van der Waals surface area contributed by atoms with Crippen LogP contribution in [-0.2, 0) is 6.54 Å². The Morgan fingerprint density at radius 2 is 2.43 bits per heavy atom. The molecule has 0 bridgehead atoms. The van der Waals surface area contributed by atoms with Gasteiger partial charge >= 0.3 is 0 Å². The first-order chi connectivity index (χ1) is 6.74. The Morgan fingerprint density at radius 3 is 3.07 bits per heavy atom. The molecule has 2 rings (SSSR count). The van der Waals surface area contributed by atoms with Crippen LogP contribution in [0.2, 0.25) is 0 Å². The van der Waals surface area contributed by atoms with Crippen LogP contribution < -0.4 is 5.32 Å². The molecule has 1 fully saturated rings. The van der Waals surface area contributed by atoms with Gasteiger partial charge in [0, 0.05) is 42.0 Å². The van der Waals surface area contributed by atoms with Crippen molar-refractivity contribution in [3.05, 3.63) is 21.9 Å². The Balaban J connectivity index is 1.90. The third-order valence-corrected chi connectivity index (χ3v) is 3.61. The molecule has 1 N–H and O–H groups in total. The zero-order valence-corrected chi connectivity index (χ0v) is 9.73. The normalized spacial score (nSPS) is 24.0. The quantitative estimate of drug-likeness (QED) is 0.801. The highest BCUT2D eigenvalue weighted by molar-refractivity contribution is 7.11. The second-order valence-corrected chi connectivity index (χ2v) is 5.48. The standard InChI is InChI=1S/C11H18N2S/c1-9-7-13(6-5-12-9)8-11-4-3-10(2)14-11/h3-4,9,12H,5-8H2,1-2H3/t9-/m0/s1. The maximum absolute atomic E-state index is 3.46. The highest BCUT2D eigenvalue weighted by Crippen LogP contribution is 2.17. The van der Waals surface area contributed by atoms with E-state index in [9.17, 15) is 0 Å². The summed E-state index contributed by atoms with van der Waals surface area (Å²) in [5.74, 6) is 0. The van der Waals surface area contributed by atoms with Crippen molar-refractivity contribution in [3.63, 3.8) is 0 Å². The summed E-state index contributed by atoms with van der Waals surface area (Å²) in [7, 11) is 0. The number of hydrogen-bond donors (Lipinski definition) is 1. The molecule has 0 radical (unpaired) electrons. The van der Waals surface area contributed by atoms with E-state index < -0.39 is 0 Å². The molecule has 0 amide bonds. The number of hydrogen-bond acceptors (Lipinski definition) is 3. The van der Waals surface area contributed by atoms with E-state index in [1.807, 2.05) is 11.3 Å². The molecule has 1 aromatic rings. The first-order valence-corrected chi connectivity index (χ1v) is 6.07. The summed E-state index contributed by atoms with van der Waals surface area (Å²) in [5, 5.41) is 3.46. The summed E-state index contributed by atoms with van der Waals surface area (Å²) in [4.78, 5) is 5.45. The van der Waals surface area contributed by atoms with Gasteiger partial charge in [0.15, 0.2) is 0 Å². The second-order valence-electron chi connectivity index (χ2n) is 4.10. The molecule has 0 aromatic carbocycles. The Hall–Kier alpha value is -0.380. The monoisotopic (exact) mass is 210 g/mol. The topological polar surface area (TPSA) is 15.3 Å². The number of nitrogens with zero attached hydrogens (tertiary/aromatic N) is 1. The molecule has 2 nitrogen and oxygen atoms in total. The van der Waals surface area contributed by atoms with E-state index in [0.29, 0.717) is 6.04 Å². The van der Waals surface area contributed by atoms with Crippen molar-refractivity contribution in [2.75, 3.05) is 19.6 Å². The molecule has 1 saturated heterocycles. The van der Waals surface area contributed by atoms with Crippen LogP contribution in [0.3, 0.4) is 0 Å². The zero-order chi connectivity index (χ0) is 9.97. The smallest absolute Gasteiger partial charge is 0.0329 e. The third-order valence-electron chi connectivity index (χ3n) is 2.63. The predicted octanol–water partition coefficient (Wildman–Crippen LogP) is 1.85. The summed E-state index contributed by atoms with van der Waals surface area (Å²) >= 11 is 1.92. The lowest BCUT2D eigenvalue weighted by Gasteiger charge is -2.31. The number of rotatable bonds is 2. The zero-order valence-electron chi connectivity index (χ0n) is 8.92. The van der Waals surface area contributed by atoms with Crippen LogP contribution in [0.4, 0.5) is 0 Å². The Bertz CT molecular complexity index is 295. The van der Waals surface area contributed by atoms with E-state index in [0.717, 1.165) is 13.1 Å². The minimum Gasteiger partial charge on any atom is -0.312 e. The Labute approximate surface area is 89.9 Å². The fourth-order valence-corrected chi connectivity index (χ4v) is 2.88. The van der Waals surface area contributed by atoms with Crippen molar-refractivity contribution < 1.29 is 0 Å². The first-order valence-electron chi connectivity index (χ1n) is 5.25. The van der Waals surface area contributed by atoms with Gasteiger partial charge in [-0.3, -0.25) is 4.90 Å². The fourth-order valence-electron chi connectivity index (χ4n) is 1.95. The lowest BCUT2D eigenvalue weighted by atomic mass is 10.2.